The number of para-hydroxylation sites is 1. The molecule has 106 valence electrons. The predicted molar refractivity (Wildman–Crippen MR) is 87.0 cm³/mol. The first kappa shape index (κ1) is 13.6. The van der Waals surface area contributed by atoms with Crippen molar-refractivity contribution in [3.63, 3.8) is 0 Å². The minimum atomic E-state index is 0.174. The summed E-state index contributed by atoms with van der Waals surface area (Å²) in [4.78, 5) is 16.0. The Labute approximate surface area is 124 Å². The number of hydrogen-bond acceptors (Lipinski definition) is 1. The SMILES string of the molecule is Cc1ccc(CC(=O)c2c(C)[nH]c3ccccc23)cc1C. The number of aromatic nitrogens is 1. The molecule has 0 unspecified atom stereocenters. The summed E-state index contributed by atoms with van der Waals surface area (Å²) in [6.45, 7) is 6.14. The van der Waals surface area contributed by atoms with Crippen LogP contribution in [0.15, 0.2) is 42.5 Å². The molecule has 0 bridgehead atoms. The maximum Gasteiger partial charge on any atom is 0.169 e. The lowest BCUT2D eigenvalue weighted by atomic mass is 9.98. The molecular weight excluding hydrogens is 258 g/mol. The standard InChI is InChI=1S/C19H19NO/c1-12-8-9-15(10-13(12)2)11-18(21)19-14(3)20-17-7-5-4-6-16(17)19/h4-10,20H,11H2,1-3H3. The third-order valence-corrected chi connectivity index (χ3v) is 4.11. The number of fused-ring (bicyclic) bond motifs is 1. The molecule has 0 fully saturated rings. The van der Waals surface area contributed by atoms with Gasteiger partial charge >= 0.3 is 0 Å². The fraction of sp³-hybridized carbons (Fsp3) is 0.211. The van der Waals surface area contributed by atoms with Gasteiger partial charge in [-0.3, -0.25) is 4.79 Å². The van der Waals surface area contributed by atoms with Crippen LogP contribution in [0.3, 0.4) is 0 Å². The number of carbonyl (C=O) groups excluding carboxylic acids is 1. The maximum atomic E-state index is 12.7. The molecule has 21 heavy (non-hydrogen) atoms. The molecule has 0 atom stereocenters. The van der Waals surface area contributed by atoms with Gasteiger partial charge in [-0.15, -0.1) is 0 Å². The van der Waals surface area contributed by atoms with E-state index in [0.717, 1.165) is 27.7 Å². The largest absolute Gasteiger partial charge is 0.358 e. The molecule has 1 heterocycles. The molecule has 2 heteroatoms. The summed E-state index contributed by atoms with van der Waals surface area (Å²) in [7, 11) is 0. The summed E-state index contributed by atoms with van der Waals surface area (Å²) in [6, 6.07) is 14.2. The Hall–Kier alpha value is -2.35. The van der Waals surface area contributed by atoms with Gasteiger partial charge in [-0.05, 0) is 43.5 Å². The fourth-order valence-electron chi connectivity index (χ4n) is 2.82. The van der Waals surface area contributed by atoms with Crippen molar-refractivity contribution in [3.8, 4) is 0 Å². The van der Waals surface area contributed by atoms with Crippen molar-refractivity contribution in [3.05, 3.63) is 70.4 Å². The summed E-state index contributed by atoms with van der Waals surface area (Å²) >= 11 is 0. The molecule has 1 N–H and O–H groups in total. The number of hydrogen-bond donors (Lipinski definition) is 1. The van der Waals surface area contributed by atoms with Gasteiger partial charge in [0.25, 0.3) is 0 Å². The number of nitrogens with one attached hydrogen (secondary N) is 1. The Bertz CT molecular complexity index is 827. The van der Waals surface area contributed by atoms with Crippen LogP contribution in [-0.2, 0) is 6.42 Å². The quantitative estimate of drug-likeness (QED) is 0.701. The van der Waals surface area contributed by atoms with Crippen LogP contribution in [0, 0.1) is 20.8 Å². The Morgan fingerprint density at radius 3 is 2.52 bits per heavy atom. The molecule has 0 saturated carbocycles. The summed E-state index contributed by atoms with van der Waals surface area (Å²) in [5.41, 5.74) is 6.37. The zero-order chi connectivity index (χ0) is 15.0. The second kappa shape index (κ2) is 5.21. The molecular formula is C19H19NO. The second-order valence-corrected chi connectivity index (χ2v) is 5.69. The van der Waals surface area contributed by atoms with Crippen LogP contribution in [0.5, 0.6) is 0 Å². The molecule has 0 spiro atoms. The number of ketones is 1. The van der Waals surface area contributed by atoms with Gasteiger partial charge in [-0.2, -0.15) is 0 Å². The van der Waals surface area contributed by atoms with Crippen LogP contribution >= 0.6 is 0 Å². The van der Waals surface area contributed by atoms with Gasteiger partial charge in [0.1, 0.15) is 0 Å². The zero-order valence-corrected chi connectivity index (χ0v) is 12.7. The van der Waals surface area contributed by atoms with E-state index >= 15 is 0 Å². The minimum absolute atomic E-state index is 0.174. The Kier molecular flexibility index (Phi) is 3.38. The molecule has 0 aliphatic carbocycles. The molecule has 0 saturated heterocycles. The molecule has 2 nitrogen and oxygen atoms in total. The molecule has 3 rings (SSSR count). The number of Topliss-reactive ketones (excluding diaryl/α,β-unsaturated/α-hetero) is 1. The maximum absolute atomic E-state index is 12.7. The molecule has 0 aliphatic heterocycles. The van der Waals surface area contributed by atoms with Crippen LogP contribution < -0.4 is 0 Å². The van der Waals surface area contributed by atoms with Crippen molar-refractivity contribution < 1.29 is 4.79 Å². The van der Waals surface area contributed by atoms with E-state index in [0.29, 0.717) is 6.42 Å². The summed E-state index contributed by atoms with van der Waals surface area (Å²) in [6.07, 6.45) is 0.448. The molecule has 2 aromatic carbocycles. The molecule has 0 radical (unpaired) electrons. The van der Waals surface area contributed by atoms with Gasteiger partial charge in [-0.1, -0.05) is 36.4 Å². The number of rotatable bonds is 3. The second-order valence-electron chi connectivity index (χ2n) is 5.69. The predicted octanol–water partition coefficient (Wildman–Crippen LogP) is 4.52. The lowest BCUT2D eigenvalue weighted by Gasteiger charge is -2.05. The summed E-state index contributed by atoms with van der Waals surface area (Å²) in [5, 5.41) is 1.02. The lowest BCUT2D eigenvalue weighted by Crippen LogP contribution is -2.05. The number of aryl methyl sites for hydroxylation is 3. The van der Waals surface area contributed by atoms with E-state index in [1.54, 1.807) is 0 Å². The first-order valence-electron chi connectivity index (χ1n) is 7.23. The third-order valence-electron chi connectivity index (χ3n) is 4.11. The van der Waals surface area contributed by atoms with Gasteiger partial charge < -0.3 is 4.98 Å². The highest BCUT2D eigenvalue weighted by molar-refractivity contribution is 6.09. The van der Waals surface area contributed by atoms with Crippen LogP contribution in [-0.4, -0.2) is 10.8 Å². The average Bonchev–Trinajstić information content (AvgIpc) is 2.78. The molecule has 3 aromatic rings. The lowest BCUT2D eigenvalue weighted by molar-refractivity contribution is 0.0994. The van der Waals surface area contributed by atoms with Gasteiger partial charge in [0.05, 0.1) is 0 Å². The number of aromatic amines is 1. The third kappa shape index (κ3) is 2.49. The molecule has 0 aliphatic rings. The Morgan fingerprint density at radius 1 is 1.00 bits per heavy atom. The topological polar surface area (TPSA) is 32.9 Å². The first-order valence-corrected chi connectivity index (χ1v) is 7.23. The average molecular weight is 277 g/mol. The zero-order valence-electron chi connectivity index (χ0n) is 12.7. The highest BCUT2D eigenvalue weighted by Gasteiger charge is 2.16. The van der Waals surface area contributed by atoms with Crippen molar-refractivity contribution >= 4 is 16.7 Å². The van der Waals surface area contributed by atoms with E-state index in [-0.39, 0.29) is 5.78 Å². The van der Waals surface area contributed by atoms with E-state index in [1.807, 2.05) is 37.3 Å². The van der Waals surface area contributed by atoms with Crippen molar-refractivity contribution in [2.45, 2.75) is 27.2 Å². The summed E-state index contributed by atoms with van der Waals surface area (Å²) in [5.74, 6) is 0.174. The van der Waals surface area contributed by atoms with Crippen molar-refractivity contribution in [1.82, 2.24) is 4.98 Å². The van der Waals surface area contributed by atoms with Crippen LogP contribution in [0.4, 0.5) is 0 Å². The van der Waals surface area contributed by atoms with E-state index in [1.165, 1.54) is 11.1 Å². The van der Waals surface area contributed by atoms with Crippen LogP contribution in [0.1, 0.15) is 32.7 Å². The summed E-state index contributed by atoms with van der Waals surface area (Å²) < 4.78 is 0. The van der Waals surface area contributed by atoms with Crippen LogP contribution in [0.2, 0.25) is 0 Å². The normalized spacial score (nSPS) is 11.0. The van der Waals surface area contributed by atoms with Gasteiger partial charge in [0.2, 0.25) is 0 Å². The van der Waals surface area contributed by atoms with Crippen molar-refractivity contribution in [2.24, 2.45) is 0 Å². The Morgan fingerprint density at radius 2 is 1.76 bits per heavy atom. The fourth-order valence-corrected chi connectivity index (χ4v) is 2.82. The van der Waals surface area contributed by atoms with E-state index in [9.17, 15) is 4.79 Å². The van der Waals surface area contributed by atoms with Gasteiger partial charge in [-0.25, -0.2) is 0 Å². The highest BCUT2D eigenvalue weighted by Crippen LogP contribution is 2.23. The highest BCUT2D eigenvalue weighted by atomic mass is 16.1. The number of carbonyl (C=O) groups is 1. The van der Waals surface area contributed by atoms with E-state index in [2.05, 4.69) is 31.0 Å². The smallest absolute Gasteiger partial charge is 0.169 e. The van der Waals surface area contributed by atoms with Gasteiger partial charge in [0, 0.05) is 28.6 Å². The van der Waals surface area contributed by atoms with E-state index < -0.39 is 0 Å². The number of benzene rings is 2. The van der Waals surface area contributed by atoms with Crippen molar-refractivity contribution in [1.29, 1.82) is 0 Å². The van der Waals surface area contributed by atoms with Gasteiger partial charge in [0.15, 0.2) is 5.78 Å². The van der Waals surface area contributed by atoms with Crippen molar-refractivity contribution in [2.75, 3.05) is 0 Å². The Balaban J connectivity index is 1.97. The molecule has 0 amide bonds. The van der Waals surface area contributed by atoms with Crippen LogP contribution in [0.25, 0.3) is 10.9 Å². The monoisotopic (exact) mass is 277 g/mol. The molecule has 1 aromatic heterocycles. The van der Waals surface area contributed by atoms with E-state index in [4.69, 9.17) is 0 Å². The number of H-pyrrole nitrogens is 1. The first-order chi connectivity index (χ1) is 10.1. The minimum Gasteiger partial charge on any atom is -0.358 e.